The van der Waals surface area contributed by atoms with Gasteiger partial charge in [0.25, 0.3) is 0 Å². The summed E-state index contributed by atoms with van der Waals surface area (Å²) in [5, 5.41) is 0. The fraction of sp³-hybridized carbons (Fsp3) is 0.174. The molecule has 0 bridgehead atoms. The Labute approximate surface area is 168 Å². The van der Waals surface area contributed by atoms with Crippen LogP contribution in [-0.2, 0) is 11.3 Å². The van der Waals surface area contributed by atoms with Crippen LogP contribution in [0.1, 0.15) is 18.4 Å². The maximum atomic E-state index is 11.9. The van der Waals surface area contributed by atoms with Gasteiger partial charge in [0.2, 0.25) is 11.8 Å². The zero-order valence-corrected chi connectivity index (χ0v) is 15.9. The highest BCUT2D eigenvalue weighted by atomic mass is 16.3. The van der Waals surface area contributed by atoms with Crippen molar-refractivity contribution < 1.29 is 9.21 Å². The second-order valence-corrected chi connectivity index (χ2v) is 7.10. The van der Waals surface area contributed by atoms with Gasteiger partial charge >= 0.3 is 0 Å². The maximum Gasteiger partial charge on any atom is 0.227 e. The third-order valence-corrected chi connectivity index (χ3v) is 5.14. The standard InChI is InChI=1S/C23H20N4O2/c28-21-7-4-13-27(21)19-10-8-17(9-11-19)15-26-14-12-24-22(26)20-16-29-23(25-20)18-5-2-1-3-6-18/h1-3,5-6,8-12,14,16H,4,7,13,15H2. The summed E-state index contributed by atoms with van der Waals surface area (Å²) in [6.45, 7) is 1.47. The van der Waals surface area contributed by atoms with E-state index in [9.17, 15) is 4.79 Å². The van der Waals surface area contributed by atoms with E-state index >= 15 is 0 Å². The van der Waals surface area contributed by atoms with Crippen molar-refractivity contribution in [1.82, 2.24) is 14.5 Å². The van der Waals surface area contributed by atoms with Crippen LogP contribution in [0.15, 0.2) is 77.7 Å². The fourth-order valence-electron chi connectivity index (χ4n) is 3.66. The zero-order valence-electron chi connectivity index (χ0n) is 15.9. The Kier molecular flexibility index (Phi) is 4.44. The average molecular weight is 384 g/mol. The van der Waals surface area contributed by atoms with E-state index in [4.69, 9.17) is 4.42 Å². The Morgan fingerprint density at radius 1 is 1.03 bits per heavy atom. The number of carbonyl (C=O) groups is 1. The molecule has 4 aromatic rings. The topological polar surface area (TPSA) is 64.2 Å². The Bertz CT molecular complexity index is 1130. The van der Waals surface area contributed by atoms with Gasteiger partial charge in [-0.3, -0.25) is 4.79 Å². The SMILES string of the molecule is O=C1CCCN1c1ccc(Cn2ccnc2-c2coc(-c3ccccc3)n2)cc1. The van der Waals surface area contributed by atoms with E-state index in [0.717, 1.165) is 35.6 Å². The van der Waals surface area contributed by atoms with E-state index in [-0.39, 0.29) is 5.91 Å². The third-order valence-electron chi connectivity index (χ3n) is 5.14. The minimum atomic E-state index is 0.204. The molecule has 0 radical (unpaired) electrons. The quantitative estimate of drug-likeness (QED) is 0.512. The number of anilines is 1. The largest absolute Gasteiger partial charge is 0.444 e. The van der Waals surface area contributed by atoms with Crippen molar-refractivity contribution in [2.45, 2.75) is 19.4 Å². The van der Waals surface area contributed by atoms with Crippen LogP contribution in [-0.4, -0.2) is 27.0 Å². The summed E-state index contributed by atoms with van der Waals surface area (Å²) in [6.07, 6.45) is 6.92. The molecule has 0 atom stereocenters. The molecule has 1 amide bonds. The van der Waals surface area contributed by atoms with Crippen molar-refractivity contribution in [2.75, 3.05) is 11.4 Å². The number of imidazole rings is 1. The van der Waals surface area contributed by atoms with Crippen molar-refractivity contribution in [3.8, 4) is 23.0 Å². The van der Waals surface area contributed by atoms with Crippen molar-refractivity contribution in [3.05, 3.63) is 78.8 Å². The number of rotatable bonds is 5. The van der Waals surface area contributed by atoms with E-state index in [0.29, 0.717) is 24.6 Å². The minimum absolute atomic E-state index is 0.204. The molecule has 1 aliphatic rings. The van der Waals surface area contributed by atoms with Crippen LogP contribution in [0.25, 0.3) is 23.0 Å². The second-order valence-electron chi connectivity index (χ2n) is 7.10. The van der Waals surface area contributed by atoms with Crippen LogP contribution in [0.5, 0.6) is 0 Å². The average Bonchev–Trinajstić information content (AvgIpc) is 3.50. The molecule has 2 aromatic carbocycles. The van der Waals surface area contributed by atoms with Crippen molar-refractivity contribution in [2.24, 2.45) is 0 Å². The van der Waals surface area contributed by atoms with Gasteiger partial charge < -0.3 is 13.9 Å². The fourth-order valence-corrected chi connectivity index (χ4v) is 3.66. The monoisotopic (exact) mass is 384 g/mol. The first kappa shape index (κ1) is 17.4. The lowest BCUT2D eigenvalue weighted by Gasteiger charge is -2.16. The van der Waals surface area contributed by atoms with Gasteiger partial charge in [0.15, 0.2) is 5.82 Å². The smallest absolute Gasteiger partial charge is 0.227 e. The summed E-state index contributed by atoms with van der Waals surface area (Å²) < 4.78 is 7.70. The molecule has 144 valence electrons. The molecule has 2 aromatic heterocycles. The molecule has 3 heterocycles. The minimum Gasteiger partial charge on any atom is -0.444 e. The van der Waals surface area contributed by atoms with Crippen LogP contribution in [0.2, 0.25) is 0 Å². The predicted octanol–water partition coefficient (Wildman–Crippen LogP) is 4.38. The van der Waals surface area contributed by atoms with Crippen LogP contribution in [0.4, 0.5) is 5.69 Å². The van der Waals surface area contributed by atoms with Crippen molar-refractivity contribution in [1.29, 1.82) is 0 Å². The molecule has 1 fully saturated rings. The normalized spacial score (nSPS) is 13.9. The second kappa shape index (κ2) is 7.39. The number of oxazole rings is 1. The number of nitrogens with zero attached hydrogens (tertiary/aromatic N) is 4. The Morgan fingerprint density at radius 3 is 2.62 bits per heavy atom. The first-order valence-corrected chi connectivity index (χ1v) is 9.70. The van der Waals surface area contributed by atoms with Gasteiger partial charge in [-0.05, 0) is 36.2 Å². The third kappa shape index (κ3) is 3.45. The number of amides is 1. The summed E-state index contributed by atoms with van der Waals surface area (Å²) in [5.74, 6) is 1.54. The molecule has 0 N–H and O–H groups in total. The van der Waals surface area contributed by atoms with Crippen molar-refractivity contribution in [3.63, 3.8) is 0 Å². The maximum absolute atomic E-state index is 11.9. The molecule has 1 saturated heterocycles. The number of benzene rings is 2. The van der Waals surface area contributed by atoms with Gasteiger partial charge in [-0.1, -0.05) is 30.3 Å². The molecule has 6 nitrogen and oxygen atoms in total. The van der Waals surface area contributed by atoms with Gasteiger partial charge in [-0.2, -0.15) is 0 Å². The lowest BCUT2D eigenvalue weighted by atomic mass is 10.2. The summed E-state index contributed by atoms with van der Waals surface area (Å²) >= 11 is 0. The summed E-state index contributed by atoms with van der Waals surface area (Å²) in [4.78, 5) is 22.8. The summed E-state index contributed by atoms with van der Waals surface area (Å²) in [7, 11) is 0. The molecular formula is C23H20N4O2. The molecule has 29 heavy (non-hydrogen) atoms. The lowest BCUT2D eigenvalue weighted by molar-refractivity contribution is -0.117. The number of hydrogen-bond donors (Lipinski definition) is 0. The Balaban J connectivity index is 1.36. The van der Waals surface area contributed by atoms with E-state index in [2.05, 4.69) is 22.1 Å². The molecule has 0 saturated carbocycles. The van der Waals surface area contributed by atoms with Gasteiger partial charge in [0.05, 0.1) is 0 Å². The number of carbonyl (C=O) groups excluding carboxylic acids is 1. The van der Waals surface area contributed by atoms with Crippen LogP contribution < -0.4 is 4.90 Å². The van der Waals surface area contributed by atoms with E-state index in [1.165, 1.54) is 0 Å². The molecule has 0 unspecified atom stereocenters. The van der Waals surface area contributed by atoms with Gasteiger partial charge in [0, 0.05) is 43.2 Å². The molecule has 0 spiro atoms. The van der Waals surface area contributed by atoms with Gasteiger partial charge in [-0.25, -0.2) is 9.97 Å². The number of hydrogen-bond acceptors (Lipinski definition) is 4. The molecular weight excluding hydrogens is 364 g/mol. The molecule has 1 aliphatic heterocycles. The van der Waals surface area contributed by atoms with Crippen LogP contribution in [0.3, 0.4) is 0 Å². The Hall–Kier alpha value is -3.67. The van der Waals surface area contributed by atoms with E-state index in [1.54, 1.807) is 12.5 Å². The van der Waals surface area contributed by atoms with E-state index < -0.39 is 0 Å². The first-order valence-electron chi connectivity index (χ1n) is 9.70. The van der Waals surface area contributed by atoms with Crippen molar-refractivity contribution >= 4 is 11.6 Å². The number of aromatic nitrogens is 3. The van der Waals surface area contributed by atoms with Crippen LogP contribution in [0, 0.1) is 0 Å². The highest BCUT2D eigenvalue weighted by Crippen LogP contribution is 2.25. The Morgan fingerprint density at radius 2 is 1.86 bits per heavy atom. The van der Waals surface area contributed by atoms with E-state index in [1.807, 2.05) is 58.1 Å². The molecule has 5 rings (SSSR count). The molecule has 0 aliphatic carbocycles. The summed E-state index contributed by atoms with van der Waals surface area (Å²) in [6, 6.07) is 18.0. The zero-order chi connectivity index (χ0) is 19.6. The lowest BCUT2D eigenvalue weighted by Crippen LogP contribution is -2.23. The van der Waals surface area contributed by atoms with Gasteiger partial charge in [-0.15, -0.1) is 0 Å². The first-order chi connectivity index (χ1) is 14.3. The highest BCUT2D eigenvalue weighted by molar-refractivity contribution is 5.95. The van der Waals surface area contributed by atoms with Gasteiger partial charge in [0.1, 0.15) is 12.0 Å². The summed E-state index contributed by atoms with van der Waals surface area (Å²) in [5.41, 5.74) is 3.73. The molecule has 6 heteroatoms. The van der Waals surface area contributed by atoms with Crippen LogP contribution >= 0.6 is 0 Å². The highest BCUT2D eigenvalue weighted by Gasteiger charge is 2.21. The predicted molar refractivity (Wildman–Crippen MR) is 110 cm³/mol.